The summed E-state index contributed by atoms with van der Waals surface area (Å²) in [5, 5.41) is 2.83. The molecule has 1 aromatic carbocycles. The minimum Gasteiger partial charge on any atom is -0.346 e. The molecule has 140 valence electrons. The summed E-state index contributed by atoms with van der Waals surface area (Å²) in [5.74, 6) is -0.744. The Bertz CT molecular complexity index is 879. The van der Waals surface area contributed by atoms with Crippen molar-refractivity contribution >= 4 is 23.3 Å². The van der Waals surface area contributed by atoms with E-state index in [1.165, 1.54) is 23.1 Å². The van der Waals surface area contributed by atoms with Crippen molar-refractivity contribution < 1.29 is 14.0 Å². The van der Waals surface area contributed by atoms with Crippen molar-refractivity contribution in [3.05, 3.63) is 66.3 Å². The number of carbonyl (C=O) groups excluding carboxylic acids is 2. The lowest BCUT2D eigenvalue weighted by atomic mass is 10.1. The van der Waals surface area contributed by atoms with E-state index < -0.39 is 5.82 Å². The van der Waals surface area contributed by atoms with E-state index in [4.69, 9.17) is 0 Å². The third kappa shape index (κ3) is 3.97. The fraction of sp³-hybridized carbons (Fsp3) is 0.250. The number of benzene rings is 1. The second-order valence-corrected chi connectivity index (χ2v) is 6.56. The molecule has 0 aliphatic carbocycles. The van der Waals surface area contributed by atoms with Crippen molar-refractivity contribution in [1.29, 1.82) is 0 Å². The molecule has 2 heterocycles. The number of hydrogen-bond donors (Lipinski definition) is 1. The summed E-state index contributed by atoms with van der Waals surface area (Å²) in [6, 6.07) is 5.63. The minimum atomic E-state index is -0.417. The Balaban J connectivity index is 2.01. The summed E-state index contributed by atoms with van der Waals surface area (Å²) >= 11 is 0. The zero-order valence-electron chi connectivity index (χ0n) is 15.3. The molecule has 3 amide bonds. The van der Waals surface area contributed by atoms with E-state index in [0.29, 0.717) is 16.9 Å². The molecule has 6 nitrogen and oxygen atoms in total. The molecule has 0 saturated carbocycles. The number of urea groups is 1. The van der Waals surface area contributed by atoms with E-state index in [-0.39, 0.29) is 31.1 Å². The Kier molecular flexibility index (Phi) is 5.21. The summed E-state index contributed by atoms with van der Waals surface area (Å²) in [6.07, 6.45) is 4.45. The first kappa shape index (κ1) is 18.6. The molecular formula is C20H21FN4O2. The Morgan fingerprint density at radius 3 is 2.70 bits per heavy atom. The molecule has 1 unspecified atom stereocenters. The molecule has 1 aromatic heterocycles. The number of rotatable bonds is 4. The lowest BCUT2D eigenvalue weighted by Gasteiger charge is -2.40. The molecule has 0 radical (unpaired) electrons. The highest BCUT2D eigenvalue weighted by Crippen LogP contribution is 2.27. The van der Waals surface area contributed by atoms with Crippen LogP contribution in [0.5, 0.6) is 0 Å². The second-order valence-electron chi connectivity index (χ2n) is 6.56. The predicted octanol–water partition coefficient (Wildman–Crippen LogP) is 2.95. The smallest absolute Gasteiger partial charge is 0.329 e. The SMILES string of the molecule is C=CC(=O)NC1CN(c2cc(C)cc(F)c2)C(=O)N(c2cnccc2C)C1. The van der Waals surface area contributed by atoms with E-state index in [9.17, 15) is 14.0 Å². The predicted molar refractivity (Wildman–Crippen MR) is 102 cm³/mol. The highest BCUT2D eigenvalue weighted by atomic mass is 19.1. The van der Waals surface area contributed by atoms with Crippen LogP contribution in [-0.4, -0.2) is 36.1 Å². The number of aryl methyl sites for hydroxylation is 2. The number of halogens is 1. The maximum atomic E-state index is 13.9. The molecule has 1 aliphatic rings. The molecule has 0 bridgehead atoms. The van der Waals surface area contributed by atoms with E-state index in [2.05, 4.69) is 16.9 Å². The third-order valence-electron chi connectivity index (χ3n) is 4.44. The van der Waals surface area contributed by atoms with Crippen molar-refractivity contribution in [3.8, 4) is 0 Å². The zero-order chi connectivity index (χ0) is 19.6. The van der Waals surface area contributed by atoms with Crippen molar-refractivity contribution in [2.45, 2.75) is 19.9 Å². The number of anilines is 2. The molecule has 1 aliphatic heterocycles. The van der Waals surface area contributed by atoms with E-state index in [1.807, 2.05) is 13.0 Å². The van der Waals surface area contributed by atoms with Crippen LogP contribution in [0.25, 0.3) is 0 Å². The molecule has 27 heavy (non-hydrogen) atoms. The molecule has 7 heteroatoms. The quantitative estimate of drug-likeness (QED) is 0.844. The van der Waals surface area contributed by atoms with Gasteiger partial charge < -0.3 is 5.32 Å². The Morgan fingerprint density at radius 2 is 2.04 bits per heavy atom. The summed E-state index contributed by atoms with van der Waals surface area (Å²) in [7, 11) is 0. The molecule has 1 atom stereocenters. The van der Waals surface area contributed by atoms with Crippen LogP contribution in [-0.2, 0) is 4.79 Å². The van der Waals surface area contributed by atoms with Crippen LogP contribution < -0.4 is 15.1 Å². The van der Waals surface area contributed by atoms with Gasteiger partial charge in [0.05, 0.1) is 17.9 Å². The molecule has 2 aromatic rings. The fourth-order valence-corrected chi connectivity index (χ4v) is 3.18. The first-order valence-electron chi connectivity index (χ1n) is 8.59. The van der Waals surface area contributed by atoms with Gasteiger partial charge in [-0.2, -0.15) is 0 Å². The van der Waals surface area contributed by atoms with E-state index >= 15 is 0 Å². The van der Waals surface area contributed by atoms with Crippen LogP contribution in [0.1, 0.15) is 11.1 Å². The van der Waals surface area contributed by atoms with Gasteiger partial charge in [0.2, 0.25) is 5.91 Å². The van der Waals surface area contributed by atoms with Crippen LogP contribution in [0.15, 0.2) is 49.3 Å². The monoisotopic (exact) mass is 368 g/mol. The number of hydrogen-bond acceptors (Lipinski definition) is 3. The van der Waals surface area contributed by atoms with Gasteiger partial charge in [-0.25, -0.2) is 9.18 Å². The molecule has 1 N–H and O–H groups in total. The van der Waals surface area contributed by atoms with Gasteiger partial charge in [0.25, 0.3) is 0 Å². The van der Waals surface area contributed by atoms with Crippen LogP contribution in [0.4, 0.5) is 20.6 Å². The summed E-state index contributed by atoms with van der Waals surface area (Å²) < 4.78 is 13.9. The Labute approximate surface area is 157 Å². The normalized spacial score (nSPS) is 17.0. The van der Waals surface area contributed by atoms with Crippen molar-refractivity contribution in [2.24, 2.45) is 0 Å². The number of carbonyl (C=O) groups is 2. The van der Waals surface area contributed by atoms with Crippen molar-refractivity contribution in [3.63, 3.8) is 0 Å². The first-order valence-corrected chi connectivity index (χ1v) is 8.59. The average Bonchev–Trinajstić information content (AvgIpc) is 2.62. The molecule has 3 rings (SSSR count). The van der Waals surface area contributed by atoms with Crippen LogP contribution in [0.2, 0.25) is 0 Å². The lowest BCUT2D eigenvalue weighted by molar-refractivity contribution is -0.117. The van der Waals surface area contributed by atoms with Crippen LogP contribution >= 0.6 is 0 Å². The van der Waals surface area contributed by atoms with Gasteiger partial charge >= 0.3 is 6.03 Å². The van der Waals surface area contributed by atoms with E-state index in [1.54, 1.807) is 30.3 Å². The van der Waals surface area contributed by atoms with E-state index in [0.717, 1.165) is 5.56 Å². The number of aromatic nitrogens is 1. The summed E-state index contributed by atoms with van der Waals surface area (Å²) in [6.45, 7) is 7.63. The Morgan fingerprint density at radius 1 is 1.30 bits per heavy atom. The maximum absolute atomic E-state index is 13.9. The zero-order valence-corrected chi connectivity index (χ0v) is 15.3. The third-order valence-corrected chi connectivity index (χ3v) is 4.44. The highest BCUT2D eigenvalue weighted by Gasteiger charge is 2.35. The van der Waals surface area contributed by atoms with Crippen LogP contribution in [0, 0.1) is 19.7 Å². The highest BCUT2D eigenvalue weighted by molar-refractivity contribution is 6.05. The van der Waals surface area contributed by atoms with Gasteiger partial charge in [0, 0.05) is 25.0 Å². The second kappa shape index (κ2) is 7.57. The Hall–Kier alpha value is -3.22. The van der Waals surface area contributed by atoms with Gasteiger partial charge in [-0.1, -0.05) is 6.58 Å². The lowest BCUT2D eigenvalue weighted by Crippen LogP contribution is -2.61. The summed E-state index contributed by atoms with van der Waals surface area (Å²) in [5.41, 5.74) is 2.68. The topological polar surface area (TPSA) is 65.5 Å². The summed E-state index contributed by atoms with van der Waals surface area (Å²) in [4.78, 5) is 32.1. The number of pyridine rings is 1. The van der Waals surface area contributed by atoms with Gasteiger partial charge in [-0.05, 0) is 55.3 Å². The largest absolute Gasteiger partial charge is 0.346 e. The number of nitrogens with zero attached hydrogens (tertiary/aromatic N) is 3. The fourth-order valence-electron chi connectivity index (χ4n) is 3.18. The first-order chi connectivity index (χ1) is 12.9. The van der Waals surface area contributed by atoms with Crippen molar-refractivity contribution in [1.82, 2.24) is 10.3 Å². The molecule has 1 fully saturated rings. The number of nitrogens with one attached hydrogen (secondary N) is 1. The van der Waals surface area contributed by atoms with Crippen molar-refractivity contribution in [2.75, 3.05) is 22.9 Å². The number of amides is 3. The minimum absolute atomic E-state index is 0.233. The standard InChI is InChI=1S/C20H21FN4O2/c1-4-19(26)23-16-11-24(17-8-13(2)7-15(21)9-17)20(27)25(12-16)18-10-22-6-5-14(18)3/h4-10,16H,1,11-12H2,2-3H3,(H,23,26). The van der Waals surface area contributed by atoms with Gasteiger partial charge in [0.1, 0.15) is 5.82 Å². The van der Waals surface area contributed by atoms with Crippen LogP contribution in [0.3, 0.4) is 0 Å². The van der Waals surface area contributed by atoms with Gasteiger partial charge in [0.15, 0.2) is 0 Å². The molecular weight excluding hydrogens is 347 g/mol. The molecule has 1 saturated heterocycles. The average molecular weight is 368 g/mol. The van der Waals surface area contributed by atoms with Gasteiger partial charge in [-0.3, -0.25) is 19.6 Å². The van der Waals surface area contributed by atoms with Gasteiger partial charge in [-0.15, -0.1) is 0 Å². The maximum Gasteiger partial charge on any atom is 0.329 e. The molecule has 0 spiro atoms.